The lowest BCUT2D eigenvalue weighted by Gasteiger charge is -2.19. The average Bonchev–Trinajstić information content (AvgIpc) is 3.17. The SMILES string of the molecule is CCCCCC=CCC=CCCCCCCCCCC(=O)OC(COC(=O)CCCC=CCC=CCC=CCCCCCCCC)COP(=O)(O)OCCN. The summed E-state index contributed by atoms with van der Waals surface area (Å²) in [7, 11) is -4.39. The van der Waals surface area contributed by atoms with Crippen molar-refractivity contribution in [3.8, 4) is 0 Å². The average molecular weight is 794 g/mol. The quantitative estimate of drug-likeness (QED) is 0.0269. The summed E-state index contributed by atoms with van der Waals surface area (Å²) < 4.78 is 32.7. The molecule has 3 N–H and O–H groups in total. The first kappa shape index (κ1) is 52.7. The minimum atomic E-state index is -4.39. The van der Waals surface area contributed by atoms with Crippen LogP contribution in [-0.4, -0.2) is 49.3 Å². The molecule has 2 unspecified atom stereocenters. The van der Waals surface area contributed by atoms with Crippen molar-refractivity contribution in [1.82, 2.24) is 0 Å². The molecule has 0 bridgehead atoms. The first-order valence-corrected chi connectivity index (χ1v) is 23.3. The molecule has 0 aliphatic heterocycles. The number of esters is 2. The van der Waals surface area contributed by atoms with Gasteiger partial charge in [0.25, 0.3) is 0 Å². The van der Waals surface area contributed by atoms with Crippen LogP contribution < -0.4 is 5.73 Å². The van der Waals surface area contributed by atoms with E-state index in [-0.39, 0.29) is 32.6 Å². The topological polar surface area (TPSA) is 134 Å². The van der Waals surface area contributed by atoms with Crippen molar-refractivity contribution < 1.29 is 37.6 Å². The van der Waals surface area contributed by atoms with E-state index in [0.717, 1.165) is 57.8 Å². The summed E-state index contributed by atoms with van der Waals surface area (Å²) in [5, 5.41) is 0. The largest absolute Gasteiger partial charge is 0.472 e. The van der Waals surface area contributed by atoms with Crippen molar-refractivity contribution >= 4 is 19.8 Å². The van der Waals surface area contributed by atoms with E-state index in [1.807, 2.05) is 0 Å². The van der Waals surface area contributed by atoms with Crippen molar-refractivity contribution in [2.75, 3.05) is 26.4 Å². The van der Waals surface area contributed by atoms with E-state index in [2.05, 4.69) is 74.6 Å². The Hall–Kier alpha value is -2.29. The summed E-state index contributed by atoms with van der Waals surface area (Å²) in [5.74, 6) is -0.902. The molecule has 9 nitrogen and oxygen atoms in total. The summed E-state index contributed by atoms with van der Waals surface area (Å²) in [6.07, 6.45) is 48.2. The Labute approximate surface area is 336 Å². The van der Waals surface area contributed by atoms with Crippen molar-refractivity contribution in [3.05, 3.63) is 60.8 Å². The van der Waals surface area contributed by atoms with E-state index in [9.17, 15) is 19.0 Å². The fourth-order valence-corrected chi connectivity index (χ4v) is 6.39. The molecule has 0 saturated heterocycles. The first-order valence-electron chi connectivity index (χ1n) is 21.8. The highest BCUT2D eigenvalue weighted by molar-refractivity contribution is 7.47. The van der Waals surface area contributed by atoms with Gasteiger partial charge < -0.3 is 20.1 Å². The molecule has 0 aromatic carbocycles. The number of unbranched alkanes of at least 4 members (excludes halogenated alkanes) is 17. The zero-order chi connectivity index (χ0) is 40.3. The monoisotopic (exact) mass is 794 g/mol. The lowest BCUT2D eigenvalue weighted by molar-refractivity contribution is -0.161. The second-order valence-electron chi connectivity index (χ2n) is 14.2. The van der Waals surface area contributed by atoms with Gasteiger partial charge >= 0.3 is 19.8 Å². The molecule has 55 heavy (non-hydrogen) atoms. The zero-order valence-corrected chi connectivity index (χ0v) is 35.8. The molecule has 0 aliphatic rings. The molecule has 0 aliphatic carbocycles. The number of allylic oxidation sites excluding steroid dienone is 10. The molecule has 0 fully saturated rings. The van der Waals surface area contributed by atoms with Crippen molar-refractivity contribution in [2.24, 2.45) is 5.73 Å². The minimum absolute atomic E-state index is 0.0432. The summed E-state index contributed by atoms with van der Waals surface area (Å²) in [6, 6.07) is 0. The number of rotatable bonds is 40. The van der Waals surface area contributed by atoms with Gasteiger partial charge in [-0.3, -0.25) is 18.6 Å². The number of carbonyl (C=O) groups excluding carboxylic acids is 2. The highest BCUT2D eigenvalue weighted by Gasteiger charge is 2.25. The maximum absolute atomic E-state index is 12.6. The van der Waals surface area contributed by atoms with Gasteiger partial charge in [-0.05, 0) is 77.0 Å². The van der Waals surface area contributed by atoms with Crippen LogP contribution in [0.1, 0.15) is 181 Å². The van der Waals surface area contributed by atoms with Crippen LogP contribution in [0.2, 0.25) is 0 Å². The van der Waals surface area contributed by atoms with Crippen LogP contribution in [0.5, 0.6) is 0 Å². The Kier molecular flexibility index (Phi) is 39.6. The lowest BCUT2D eigenvalue weighted by atomic mass is 10.1. The maximum Gasteiger partial charge on any atom is 0.472 e. The molecule has 0 saturated carbocycles. The van der Waals surface area contributed by atoms with Gasteiger partial charge in [-0.15, -0.1) is 0 Å². The van der Waals surface area contributed by atoms with E-state index in [4.69, 9.17) is 24.3 Å². The van der Waals surface area contributed by atoms with Crippen LogP contribution in [0.3, 0.4) is 0 Å². The fraction of sp³-hybridized carbons (Fsp3) is 0.733. The highest BCUT2D eigenvalue weighted by Crippen LogP contribution is 2.43. The predicted octanol–water partition coefficient (Wildman–Crippen LogP) is 12.5. The Balaban J connectivity index is 4.26. The molecule has 318 valence electrons. The van der Waals surface area contributed by atoms with Crippen molar-refractivity contribution in [1.29, 1.82) is 0 Å². The van der Waals surface area contributed by atoms with Gasteiger partial charge in [0.2, 0.25) is 0 Å². The molecule has 2 atom stereocenters. The Morgan fingerprint density at radius 1 is 0.545 bits per heavy atom. The molecule has 0 heterocycles. The van der Waals surface area contributed by atoms with E-state index < -0.39 is 32.5 Å². The number of phosphoric ester groups is 1. The van der Waals surface area contributed by atoms with Gasteiger partial charge in [0.05, 0.1) is 13.2 Å². The van der Waals surface area contributed by atoms with Crippen LogP contribution >= 0.6 is 7.82 Å². The van der Waals surface area contributed by atoms with Gasteiger partial charge in [-0.2, -0.15) is 0 Å². The summed E-state index contributed by atoms with van der Waals surface area (Å²) in [5.41, 5.74) is 5.34. The second-order valence-corrected chi connectivity index (χ2v) is 15.7. The molecular formula is C45H80NO8P. The van der Waals surface area contributed by atoms with Crippen LogP contribution in [0, 0.1) is 0 Å². The molecule has 0 amide bonds. The number of hydrogen-bond acceptors (Lipinski definition) is 8. The van der Waals surface area contributed by atoms with E-state index in [1.54, 1.807) is 0 Å². The first-order chi connectivity index (χ1) is 26.8. The van der Waals surface area contributed by atoms with E-state index >= 15 is 0 Å². The zero-order valence-electron chi connectivity index (χ0n) is 34.9. The third-order valence-corrected chi connectivity index (χ3v) is 9.86. The molecule has 0 aromatic heterocycles. The third kappa shape index (κ3) is 41.2. The molecule has 0 aromatic rings. The number of phosphoric acid groups is 1. The van der Waals surface area contributed by atoms with E-state index in [1.165, 1.54) is 83.5 Å². The van der Waals surface area contributed by atoms with Crippen molar-refractivity contribution in [3.63, 3.8) is 0 Å². The van der Waals surface area contributed by atoms with Crippen LogP contribution in [-0.2, 0) is 32.7 Å². The predicted molar refractivity (Wildman–Crippen MR) is 229 cm³/mol. The Bertz CT molecular complexity index is 1090. The number of carbonyl (C=O) groups is 2. The number of ether oxygens (including phenoxy) is 2. The molecule has 10 heteroatoms. The van der Waals surface area contributed by atoms with Gasteiger partial charge in [0.1, 0.15) is 6.61 Å². The van der Waals surface area contributed by atoms with Gasteiger partial charge in [0, 0.05) is 19.4 Å². The van der Waals surface area contributed by atoms with Crippen LogP contribution in [0.15, 0.2) is 60.8 Å². The standard InChI is InChI=1S/C45H80NO8P/c1-3-5-7-9-11-13-15-17-19-21-23-25-27-29-31-33-35-37-44(47)51-41-43(42-53-55(49,50)52-40-39-46)54-45(48)38-36-34-32-30-28-26-24-22-20-18-16-14-12-10-8-6-4-2/h12,14,17-20,23,25,29,31,43H,3-11,13,15-16,21-22,24,26-28,30,32-42,46H2,1-2H3,(H,49,50). The number of hydrogen-bond donors (Lipinski definition) is 2. The maximum atomic E-state index is 12.6. The molecule has 0 radical (unpaired) electrons. The van der Waals surface area contributed by atoms with Gasteiger partial charge in [0.15, 0.2) is 6.10 Å². The van der Waals surface area contributed by atoms with E-state index in [0.29, 0.717) is 12.8 Å². The summed E-state index contributed by atoms with van der Waals surface area (Å²) in [4.78, 5) is 34.8. The summed E-state index contributed by atoms with van der Waals surface area (Å²) >= 11 is 0. The lowest BCUT2D eigenvalue weighted by Crippen LogP contribution is -2.29. The normalized spacial score (nSPS) is 13.9. The van der Waals surface area contributed by atoms with Crippen LogP contribution in [0.4, 0.5) is 0 Å². The number of nitrogens with two attached hydrogens (primary N) is 1. The fourth-order valence-electron chi connectivity index (χ4n) is 5.62. The smallest absolute Gasteiger partial charge is 0.462 e. The molecular weight excluding hydrogens is 713 g/mol. The second kappa shape index (κ2) is 41.3. The Morgan fingerprint density at radius 2 is 0.964 bits per heavy atom. The molecule has 0 spiro atoms. The third-order valence-electron chi connectivity index (χ3n) is 8.88. The minimum Gasteiger partial charge on any atom is -0.462 e. The van der Waals surface area contributed by atoms with Crippen LogP contribution in [0.25, 0.3) is 0 Å². The highest BCUT2D eigenvalue weighted by atomic mass is 31.2. The Morgan fingerprint density at radius 3 is 1.49 bits per heavy atom. The summed E-state index contributed by atoms with van der Waals surface area (Å²) in [6.45, 7) is 3.63. The molecule has 0 rings (SSSR count). The van der Waals surface area contributed by atoms with Crippen molar-refractivity contribution in [2.45, 2.75) is 187 Å². The van der Waals surface area contributed by atoms with Gasteiger partial charge in [-0.1, -0.05) is 152 Å². The van der Waals surface area contributed by atoms with Gasteiger partial charge in [-0.25, -0.2) is 4.57 Å².